The highest BCUT2D eigenvalue weighted by Crippen LogP contribution is 2.06. The van der Waals surface area contributed by atoms with Gasteiger partial charge in [0.05, 0.1) is 7.11 Å². The molecule has 2 amide bonds. The molecule has 0 aromatic carbocycles. The topological polar surface area (TPSA) is 63.2 Å². The molecule has 0 aliphatic heterocycles. The SMILES string of the molecule is COc1ccc(CNC(=O)NCCC(C)C)cn1. The van der Waals surface area contributed by atoms with E-state index in [1.54, 1.807) is 19.4 Å². The summed E-state index contributed by atoms with van der Waals surface area (Å²) < 4.78 is 4.96. The summed E-state index contributed by atoms with van der Waals surface area (Å²) in [6.07, 6.45) is 2.67. The number of nitrogens with zero attached hydrogens (tertiary/aromatic N) is 1. The predicted molar refractivity (Wildman–Crippen MR) is 70.5 cm³/mol. The Morgan fingerprint density at radius 2 is 2.17 bits per heavy atom. The third-order valence-electron chi connectivity index (χ3n) is 2.47. The Hall–Kier alpha value is -1.78. The monoisotopic (exact) mass is 251 g/mol. The average Bonchev–Trinajstić information content (AvgIpc) is 2.36. The maximum Gasteiger partial charge on any atom is 0.315 e. The molecule has 5 nitrogen and oxygen atoms in total. The third kappa shape index (κ3) is 5.52. The molecule has 0 bridgehead atoms. The number of hydrogen-bond donors (Lipinski definition) is 2. The van der Waals surface area contributed by atoms with Gasteiger partial charge in [-0.15, -0.1) is 0 Å². The molecule has 0 fully saturated rings. The van der Waals surface area contributed by atoms with E-state index in [-0.39, 0.29) is 6.03 Å². The zero-order chi connectivity index (χ0) is 13.4. The zero-order valence-electron chi connectivity index (χ0n) is 11.2. The van der Waals surface area contributed by atoms with Crippen molar-refractivity contribution in [2.24, 2.45) is 5.92 Å². The zero-order valence-corrected chi connectivity index (χ0v) is 11.2. The number of nitrogens with one attached hydrogen (secondary N) is 2. The second-order valence-corrected chi connectivity index (χ2v) is 4.50. The molecular weight excluding hydrogens is 230 g/mol. The number of carbonyl (C=O) groups is 1. The first-order chi connectivity index (χ1) is 8.61. The van der Waals surface area contributed by atoms with Gasteiger partial charge in [-0.05, 0) is 17.9 Å². The molecule has 1 rings (SSSR count). The first-order valence-corrected chi connectivity index (χ1v) is 6.12. The van der Waals surface area contributed by atoms with Crippen LogP contribution in [0.1, 0.15) is 25.8 Å². The molecule has 2 N–H and O–H groups in total. The highest BCUT2D eigenvalue weighted by molar-refractivity contribution is 5.73. The van der Waals surface area contributed by atoms with Crippen molar-refractivity contribution < 1.29 is 9.53 Å². The van der Waals surface area contributed by atoms with Gasteiger partial charge in [0.1, 0.15) is 0 Å². The van der Waals surface area contributed by atoms with Gasteiger partial charge < -0.3 is 15.4 Å². The Balaban J connectivity index is 2.24. The van der Waals surface area contributed by atoms with Crippen LogP contribution in [0.15, 0.2) is 18.3 Å². The molecule has 0 saturated heterocycles. The minimum absolute atomic E-state index is 0.147. The molecule has 0 radical (unpaired) electrons. The predicted octanol–water partition coefficient (Wildman–Crippen LogP) is 1.94. The van der Waals surface area contributed by atoms with Crippen LogP contribution in [-0.2, 0) is 6.54 Å². The van der Waals surface area contributed by atoms with E-state index in [1.165, 1.54) is 0 Å². The van der Waals surface area contributed by atoms with Gasteiger partial charge in [-0.3, -0.25) is 0 Å². The van der Waals surface area contributed by atoms with Crippen LogP contribution in [0.25, 0.3) is 0 Å². The number of methoxy groups -OCH3 is 1. The first kappa shape index (κ1) is 14.3. The summed E-state index contributed by atoms with van der Waals surface area (Å²) in [5.74, 6) is 1.16. The van der Waals surface area contributed by atoms with E-state index in [2.05, 4.69) is 29.5 Å². The van der Waals surface area contributed by atoms with Gasteiger partial charge in [0, 0.05) is 25.4 Å². The van der Waals surface area contributed by atoms with Gasteiger partial charge in [-0.1, -0.05) is 19.9 Å². The van der Waals surface area contributed by atoms with Crippen LogP contribution in [0.3, 0.4) is 0 Å². The van der Waals surface area contributed by atoms with Crippen molar-refractivity contribution in [1.29, 1.82) is 0 Å². The lowest BCUT2D eigenvalue weighted by Gasteiger charge is -2.09. The summed E-state index contributed by atoms with van der Waals surface area (Å²) in [5.41, 5.74) is 0.940. The van der Waals surface area contributed by atoms with Gasteiger partial charge in [-0.25, -0.2) is 9.78 Å². The van der Waals surface area contributed by atoms with Crippen molar-refractivity contribution in [3.63, 3.8) is 0 Å². The molecule has 0 aliphatic carbocycles. The summed E-state index contributed by atoms with van der Waals surface area (Å²) >= 11 is 0. The van der Waals surface area contributed by atoms with Crippen LogP contribution in [-0.4, -0.2) is 24.7 Å². The fraction of sp³-hybridized carbons (Fsp3) is 0.538. The van der Waals surface area contributed by atoms with E-state index in [1.807, 2.05) is 6.07 Å². The van der Waals surface area contributed by atoms with Crippen molar-refractivity contribution >= 4 is 6.03 Å². The van der Waals surface area contributed by atoms with Gasteiger partial charge >= 0.3 is 6.03 Å². The number of ether oxygens (including phenoxy) is 1. The molecule has 18 heavy (non-hydrogen) atoms. The van der Waals surface area contributed by atoms with Gasteiger partial charge in [0.2, 0.25) is 5.88 Å². The van der Waals surface area contributed by atoms with E-state index in [4.69, 9.17) is 4.74 Å². The summed E-state index contributed by atoms with van der Waals surface area (Å²) in [4.78, 5) is 15.5. The Morgan fingerprint density at radius 1 is 1.39 bits per heavy atom. The average molecular weight is 251 g/mol. The molecule has 1 aromatic rings. The number of pyridine rings is 1. The van der Waals surface area contributed by atoms with E-state index in [0.717, 1.165) is 12.0 Å². The van der Waals surface area contributed by atoms with Gasteiger partial charge in [0.15, 0.2) is 0 Å². The summed E-state index contributed by atoms with van der Waals surface area (Å²) in [7, 11) is 1.57. The van der Waals surface area contributed by atoms with Crippen molar-refractivity contribution in [3.05, 3.63) is 23.9 Å². The normalized spacial score (nSPS) is 10.2. The molecule has 0 unspecified atom stereocenters. The number of urea groups is 1. The van der Waals surface area contributed by atoms with Crippen molar-refractivity contribution in [2.45, 2.75) is 26.8 Å². The maximum atomic E-state index is 11.5. The standard InChI is InChI=1S/C13H21N3O2/c1-10(2)6-7-14-13(17)16-9-11-4-5-12(18-3)15-8-11/h4-5,8,10H,6-7,9H2,1-3H3,(H2,14,16,17). The fourth-order valence-corrected chi connectivity index (χ4v) is 1.36. The van der Waals surface area contributed by atoms with Gasteiger partial charge in [0.25, 0.3) is 0 Å². The van der Waals surface area contributed by atoms with Crippen molar-refractivity contribution in [2.75, 3.05) is 13.7 Å². The van der Waals surface area contributed by atoms with E-state index >= 15 is 0 Å². The lowest BCUT2D eigenvalue weighted by atomic mass is 10.1. The number of carbonyl (C=O) groups excluding carboxylic acids is 1. The highest BCUT2D eigenvalue weighted by Gasteiger charge is 2.01. The largest absolute Gasteiger partial charge is 0.481 e. The van der Waals surface area contributed by atoms with E-state index in [0.29, 0.717) is 24.9 Å². The van der Waals surface area contributed by atoms with E-state index in [9.17, 15) is 4.79 Å². The minimum atomic E-state index is -0.147. The van der Waals surface area contributed by atoms with Crippen LogP contribution < -0.4 is 15.4 Å². The number of amides is 2. The molecule has 5 heteroatoms. The second-order valence-electron chi connectivity index (χ2n) is 4.50. The molecule has 0 aliphatic rings. The Labute approximate surface area is 108 Å². The molecule has 100 valence electrons. The lowest BCUT2D eigenvalue weighted by molar-refractivity contribution is 0.240. The Kier molecular flexibility index (Phi) is 5.97. The van der Waals surface area contributed by atoms with Crippen LogP contribution in [0, 0.1) is 5.92 Å². The molecule has 0 atom stereocenters. The summed E-state index contributed by atoms with van der Waals surface area (Å²) in [6, 6.07) is 3.50. The molecule has 0 saturated carbocycles. The Bertz CT molecular complexity index is 363. The van der Waals surface area contributed by atoms with Crippen LogP contribution in [0.4, 0.5) is 4.79 Å². The lowest BCUT2D eigenvalue weighted by Crippen LogP contribution is -2.35. The van der Waals surface area contributed by atoms with Crippen LogP contribution in [0.5, 0.6) is 5.88 Å². The molecule has 1 aromatic heterocycles. The van der Waals surface area contributed by atoms with Crippen LogP contribution >= 0.6 is 0 Å². The second kappa shape index (κ2) is 7.53. The summed E-state index contributed by atoms with van der Waals surface area (Å²) in [6.45, 7) is 5.42. The molecule has 0 spiro atoms. The van der Waals surface area contributed by atoms with Crippen molar-refractivity contribution in [3.8, 4) is 5.88 Å². The summed E-state index contributed by atoms with van der Waals surface area (Å²) in [5, 5.41) is 5.59. The third-order valence-corrected chi connectivity index (χ3v) is 2.47. The minimum Gasteiger partial charge on any atom is -0.481 e. The highest BCUT2D eigenvalue weighted by atomic mass is 16.5. The number of aromatic nitrogens is 1. The van der Waals surface area contributed by atoms with Crippen LogP contribution in [0.2, 0.25) is 0 Å². The molecule has 1 heterocycles. The maximum absolute atomic E-state index is 11.5. The molecular formula is C13H21N3O2. The fourth-order valence-electron chi connectivity index (χ4n) is 1.36. The Morgan fingerprint density at radius 3 is 2.72 bits per heavy atom. The van der Waals surface area contributed by atoms with Crippen molar-refractivity contribution in [1.82, 2.24) is 15.6 Å². The number of rotatable bonds is 6. The van der Waals surface area contributed by atoms with E-state index < -0.39 is 0 Å². The number of hydrogen-bond acceptors (Lipinski definition) is 3. The van der Waals surface area contributed by atoms with Gasteiger partial charge in [-0.2, -0.15) is 0 Å². The quantitative estimate of drug-likeness (QED) is 0.812. The smallest absolute Gasteiger partial charge is 0.315 e. The first-order valence-electron chi connectivity index (χ1n) is 6.12.